The van der Waals surface area contributed by atoms with Crippen molar-refractivity contribution in [3.8, 4) is 17.0 Å². The van der Waals surface area contributed by atoms with Crippen molar-refractivity contribution < 1.29 is 27.1 Å². The first-order chi connectivity index (χ1) is 19.0. The van der Waals surface area contributed by atoms with E-state index < -0.39 is 17.8 Å². The first kappa shape index (κ1) is 27.6. The maximum Gasteiger partial charge on any atom is 0.433 e. The number of carbonyl (C=O) groups is 1. The highest BCUT2D eigenvalue weighted by Crippen LogP contribution is 2.37. The number of methoxy groups -OCH3 is 1. The summed E-state index contributed by atoms with van der Waals surface area (Å²) in [5.41, 5.74) is 0.319. The summed E-state index contributed by atoms with van der Waals surface area (Å²) in [7, 11) is 1.50. The van der Waals surface area contributed by atoms with Gasteiger partial charge in [0.1, 0.15) is 17.1 Å². The van der Waals surface area contributed by atoms with Gasteiger partial charge in [-0.2, -0.15) is 18.3 Å². The lowest BCUT2D eigenvalue weighted by Gasteiger charge is -2.42. The second-order valence-corrected chi connectivity index (χ2v) is 10.0. The fourth-order valence-electron chi connectivity index (χ4n) is 5.33. The Labute approximate surface area is 229 Å². The monoisotopic (exact) mass is 555 g/mol. The molecule has 1 amide bonds. The zero-order valence-electron chi connectivity index (χ0n) is 22.5. The van der Waals surface area contributed by atoms with Crippen LogP contribution in [0.2, 0.25) is 0 Å². The van der Waals surface area contributed by atoms with Crippen molar-refractivity contribution in [1.29, 1.82) is 0 Å². The summed E-state index contributed by atoms with van der Waals surface area (Å²) in [5.74, 6) is -0.178. The molecular formula is C29H29F4N5O2. The Bertz CT molecular complexity index is 1530. The van der Waals surface area contributed by atoms with E-state index in [2.05, 4.69) is 15.0 Å². The number of ether oxygens (including phenoxy) is 1. The summed E-state index contributed by atoms with van der Waals surface area (Å²) < 4.78 is 62.1. The fraction of sp³-hybridized carbons (Fsp3) is 0.345. The van der Waals surface area contributed by atoms with Crippen LogP contribution in [0.15, 0.2) is 54.7 Å². The van der Waals surface area contributed by atoms with E-state index in [0.717, 1.165) is 11.8 Å². The first-order valence-electron chi connectivity index (χ1n) is 12.9. The van der Waals surface area contributed by atoms with Crippen LogP contribution in [-0.4, -0.2) is 63.1 Å². The quantitative estimate of drug-likeness (QED) is 0.292. The highest BCUT2D eigenvalue weighted by Gasteiger charge is 2.39. The predicted molar refractivity (Wildman–Crippen MR) is 142 cm³/mol. The van der Waals surface area contributed by atoms with Gasteiger partial charge in [0.2, 0.25) is 0 Å². The van der Waals surface area contributed by atoms with Crippen molar-refractivity contribution in [2.24, 2.45) is 0 Å². The number of hydrogen-bond acceptors (Lipinski definition) is 5. The van der Waals surface area contributed by atoms with Crippen LogP contribution in [0.25, 0.3) is 16.9 Å². The van der Waals surface area contributed by atoms with Gasteiger partial charge in [0, 0.05) is 42.8 Å². The van der Waals surface area contributed by atoms with Gasteiger partial charge < -0.3 is 9.64 Å². The first-order valence-corrected chi connectivity index (χ1v) is 12.9. The predicted octanol–water partition coefficient (Wildman–Crippen LogP) is 5.78. The molecule has 4 aromatic rings. The van der Waals surface area contributed by atoms with E-state index in [4.69, 9.17) is 4.74 Å². The minimum Gasteiger partial charge on any atom is -0.497 e. The SMILES string of the molecule is COc1ccc(-c2nc3c(C(=O)N4CCN([C@@H](C)c5ccc(F)cc5)C[C@H]4C)cnn3c(C(F)(F)F)c2C)cc1. The van der Waals surface area contributed by atoms with Crippen LogP contribution < -0.4 is 4.74 Å². The maximum atomic E-state index is 14.3. The Morgan fingerprint density at radius 3 is 2.35 bits per heavy atom. The van der Waals surface area contributed by atoms with Gasteiger partial charge in [-0.15, -0.1) is 0 Å². The molecule has 1 fully saturated rings. The normalized spacial score (nSPS) is 17.3. The van der Waals surface area contributed by atoms with Crippen molar-refractivity contribution in [1.82, 2.24) is 24.4 Å². The van der Waals surface area contributed by atoms with Gasteiger partial charge in [-0.1, -0.05) is 12.1 Å². The number of hydrogen-bond donors (Lipinski definition) is 0. The molecule has 2 aromatic carbocycles. The Hall–Kier alpha value is -3.99. The second kappa shape index (κ2) is 10.5. The molecule has 2 atom stereocenters. The Balaban J connectivity index is 1.48. The van der Waals surface area contributed by atoms with Crippen molar-refractivity contribution in [3.05, 3.63) is 82.9 Å². The third-order valence-corrected chi connectivity index (χ3v) is 7.57. The van der Waals surface area contributed by atoms with Gasteiger partial charge >= 0.3 is 6.18 Å². The van der Waals surface area contributed by atoms with Crippen LogP contribution in [0.1, 0.15) is 47.1 Å². The molecule has 0 saturated carbocycles. The molecule has 0 bridgehead atoms. The van der Waals surface area contributed by atoms with Gasteiger partial charge in [0.15, 0.2) is 11.3 Å². The molecule has 0 radical (unpaired) electrons. The standard InChI is InChI=1S/C29H29F4N5O2/c1-17-16-36(19(3)20-5-9-22(30)10-6-20)13-14-37(17)28(39)24-15-34-38-26(29(31,32)33)18(2)25(35-27(24)38)21-7-11-23(40-4)12-8-21/h5-12,15,17,19H,13-14,16H2,1-4H3/t17-,19+/m1/s1. The molecule has 1 saturated heterocycles. The van der Waals surface area contributed by atoms with Crippen molar-refractivity contribution in [3.63, 3.8) is 0 Å². The number of piperazine rings is 1. The van der Waals surface area contributed by atoms with E-state index in [1.54, 1.807) is 41.3 Å². The molecule has 0 unspecified atom stereocenters. The Morgan fingerprint density at radius 2 is 1.75 bits per heavy atom. The summed E-state index contributed by atoms with van der Waals surface area (Å²) in [5, 5.41) is 3.96. The van der Waals surface area contributed by atoms with Gasteiger partial charge in [0.25, 0.3) is 5.91 Å². The summed E-state index contributed by atoms with van der Waals surface area (Å²) in [4.78, 5) is 22.1. The van der Waals surface area contributed by atoms with Crippen LogP contribution in [0.5, 0.6) is 5.75 Å². The molecular weight excluding hydrogens is 526 g/mol. The number of alkyl halides is 3. The van der Waals surface area contributed by atoms with Crippen molar-refractivity contribution in [2.45, 2.75) is 39.0 Å². The van der Waals surface area contributed by atoms with E-state index in [1.165, 1.54) is 26.2 Å². The molecule has 11 heteroatoms. The number of benzene rings is 2. The van der Waals surface area contributed by atoms with E-state index >= 15 is 0 Å². The molecule has 0 spiro atoms. The maximum absolute atomic E-state index is 14.3. The number of carbonyl (C=O) groups excluding carboxylic acids is 1. The molecule has 5 rings (SSSR count). The summed E-state index contributed by atoms with van der Waals surface area (Å²) in [6.07, 6.45) is -3.56. The van der Waals surface area contributed by atoms with Crippen LogP contribution >= 0.6 is 0 Å². The highest BCUT2D eigenvalue weighted by molar-refractivity contribution is 6.00. The number of rotatable bonds is 5. The van der Waals surface area contributed by atoms with Crippen LogP contribution in [0.4, 0.5) is 17.6 Å². The number of nitrogens with zero attached hydrogens (tertiary/aromatic N) is 5. The average molecular weight is 556 g/mol. The molecule has 0 aliphatic carbocycles. The largest absolute Gasteiger partial charge is 0.497 e. The van der Waals surface area contributed by atoms with Gasteiger partial charge in [0.05, 0.1) is 19.0 Å². The van der Waals surface area contributed by atoms with E-state index in [1.807, 2.05) is 13.8 Å². The molecule has 1 aliphatic heterocycles. The highest BCUT2D eigenvalue weighted by atomic mass is 19.4. The molecule has 2 aromatic heterocycles. The summed E-state index contributed by atoms with van der Waals surface area (Å²) in [6, 6.07) is 12.7. The topological polar surface area (TPSA) is 63.0 Å². The van der Waals surface area contributed by atoms with E-state index in [-0.39, 0.29) is 40.4 Å². The second-order valence-electron chi connectivity index (χ2n) is 10.0. The zero-order chi connectivity index (χ0) is 28.8. The number of fused-ring (bicyclic) bond motifs is 1. The van der Waals surface area contributed by atoms with Crippen LogP contribution in [0.3, 0.4) is 0 Å². The summed E-state index contributed by atoms with van der Waals surface area (Å²) >= 11 is 0. The van der Waals surface area contributed by atoms with Gasteiger partial charge in [-0.05, 0) is 62.7 Å². The fourth-order valence-corrected chi connectivity index (χ4v) is 5.33. The molecule has 7 nitrogen and oxygen atoms in total. The lowest BCUT2D eigenvalue weighted by molar-refractivity contribution is -0.143. The number of aromatic nitrogens is 3. The van der Waals surface area contributed by atoms with Crippen LogP contribution in [-0.2, 0) is 6.18 Å². The molecule has 210 valence electrons. The summed E-state index contributed by atoms with van der Waals surface area (Å²) in [6.45, 7) is 6.73. The molecule has 1 aliphatic rings. The minimum atomic E-state index is -4.73. The number of halogens is 4. The minimum absolute atomic E-state index is 0.00307. The molecule has 0 N–H and O–H groups in total. The van der Waals surface area contributed by atoms with Crippen molar-refractivity contribution >= 4 is 11.6 Å². The molecule has 40 heavy (non-hydrogen) atoms. The molecule has 3 heterocycles. The van der Waals surface area contributed by atoms with Gasteiger partial charge in [-0.3, -0.25) is 9.69 Å². The third-order valence-electron chi connectivity index (χ3n) is 7.57. The van der Waals surface area contributed by atoms with Crippen LogP contribution in [0, 0.1) is 12.7 Å². The van der Waals surface area contributed by atoms with Gasteiger partial charge in [-0.25, -0.2) is 13.9 Å². The van der Waals surface area contributed by atoms with Crippen molar-refractivity contribution in [2.75, 3.05) is 26.7 Å². The lowest BCUT2D eigenvalue weighted by atomic mass is 10.0. The average Bonchev–Trinajstić information content (AvgIpc) is 3.34. The Kier molecular flexibility index (Phi) is 7.26. The van der Waals surface area contributed by atoms with E-state index in [0.29, 0.717) is 35.5 Å². The Morgan fingerprint density at radius 1 is 1.07 bits per heavy atom. The lowest BCUT2D eigenvalue weighted by Crippen LogP contribution is -2.54. The van der Waals surface area contributed by atoms with E-state index in [9.17, 15) is 22.4 Å². The smallest absolute Gasteiger partial charge is 0.433 e. The number of amides is 1. The zero-order valence-corrected chi connectivity index (χ0v) is 22.5. The third kappa shape index (κ3) is 5.01.